The van der Waals surface area contributed by atoms with E-state index in [-0.39, 0.29) is 17.7 Å². The molecule has 1 rings (SSSR count). The van der Waals surface area contributed by atoms with Crippen LogP contribution in [0.2, 0.25) is 0 Å². The first-order valence-corrected chi connectivity index (χ1v) is 6.86. The molecule has 0 fully saturated rings. The molecule has 0 aromatic heterocycles. The van der Waals surface area contributed by atoms with Crippen LogP contribution in [0.15, 0.2) is 24.3 Å². The highest BCUT2D eigenvalue weighted by Crippen LogP contribution is 2.19. The lowest BCUT2D eigenvalue weighted by Gasteiger charge is -2.21. The number of carbonyl (C=O) groups excluding carboxylic acids is 2. The van der Waals surface area contributed by atoms with Crippen LogP contribution >= 0.6 is 11.6 Å². The zero-order chi connectivity index (χ0) is 14.3. The molecular formula is C14H19ClN2O2. The normalized spacial score (nSPS) is 10.1. The standard InChI is InChI=1S/C14H19ClN2O2/c1-3-4-9-17(11(2)18)13-7-5-12(6-8-13)16-14(19)10-15/h5-8H,3-4,9-10H2,1-2H3,(H,16,19). The molecule has 0 radical (unpaired) electrons. The Morgan fingerprint density at radius 2 is 1.89 bits per heavy atom. The Bertz CT molecular complexity index is 432. The minimum atomic E-state index is -0.246. The van der Waals surface area contributed by atoms with Crippen molar-refractivity contribution in [2.45, 2.75) is 26.7 Å². The van der Waals surface area contributed by atoms with Crippen molar-refractivity contribution in [3.8, 4) is 0 Å². The quantitative estimate of drug-likeness (QED) is 0.816. The van der Waals surface area contributed by atoms with Gasteiger partial charge in [-0.2, -0.15) is 0 Å². The molecule has 1 N–H and O–H groups in total. The molecule has 19 heavy (non-hydrogen) atoms. The fourth-order valence-electron chi connectivity index (χ4n) is 1.70. The summed E-state index contributed by atoms with van der Waals surface area (Å²) in [6.07, 6.45) is 2.00. The summed E-state index contributed by atoms with van der Waals surface area (Å²) in [4.78, 5) is 24.5. The number of anilines is 2. The Balaban J connectivity index is 2.77. The smallest absolute Gasteiger partial charge is 0.239 e. The van der Waals surface area contributed by atoms with Gasteiger partial charge in [0.2, 0.25) is 11.8 Å². The average molecular weight is 283 g/mol. The molecule has 0 saturated heterocycles. The van der Waals surface area contributed by atoms with Crippen LogP contribution in [0.5, 0.6) is 0 Å². The highest BCUT2D eigenvalue weighted by molar-refractivity contribution is 6.29. The first kappa shape index (κ1) is 15.5. The van der Waals surface area contributed by atoms with Gasteiger partial charge in [-0.15, -0.1) is 11.6 Å². The van der Waals surface area contributed by atoms with E-state index in [2.05, 4.69) is 12.2 Å². The van der Waals surface area contributed by atoms with Crippen LogP contribution in [-0.4, -0.2) is 24.2 Å². The fourth-order valence-corrected chi connectivity index (χ4v) is 1.77. The van der Waals surface area contributed by atoms with E-state index in [1.54, 1.807) is 24.0 Å². The topological polar surface area (TPSA) is 49.4 Å². The molecule has 0 bridgehead atoms. The molecule has 0 spiro atoms. The summed E-state index contributed by atoms with van der Waals surface area (Å²) in [6, 6.07) is 7.17. The van der Waals surface area contributed by atoms with Crippen molar-refractivity contribution in [1.82, 2.24) is 0 Å². The molecule has 5 heteroatoms. The lowest BCUT2D eigenvalue weighted by atomic mass is 10.2. The number of nitrogens with zero attached hydrogens (tertiary/aromatic N) is 1. The van der Waals surface area contributed by atoms with E-state index in [4.69, 9.17) is 11.6 Å². The zero-order valence-corrected chi connectivity index (χ0v) is 12.0. The predicted octanol–water partition coefficient (Wildman–Crippen LogP) is 3.02. The minimum Gasteiger partial charge on any atom is -0.325 e. The van der Waals surface area contributed by atoms with E-state index in [1.807, 2.05) is 12.1 Å². The summed E-state index contributed by atoms with van der Waals surface area (Å²) in [6.45, 7) is 4.35. The second-order valence-electron chi connectivity index (χ2n) is 4.25. The van der Waals surface area contributed by atoms with Gasteiger partial charge in [-0.3, -0.25) is 9.59 Å². The summed E-state index contributed by atoms with van der Waals surface area (Å²) in [7, 11) is 0. The van der Waals surface area contributed by atoms with Crippen LogP contribution in [0.3, 0.4) is 0 Å². The molecule has 0 atom stereocenters. The molecule has 0 unspecified atom stereocenters. The first-order chi connectivity index (χ1) is 9.08. The number of unbranched alkanes of at least 4 members (excludes halogenated alkanes) is 1. The number of alkyl halides is 1. The number of halogens is 1. The van der Waals surface area contributed by atoms with E-state index in [0.717, 1.165) is 18.5 Å². The SMILES string of the molecule is CCCCN(C(C)=O)c1ccc(NC(=O)CCl)cc1. The van der Waals surface area contributed by atoms with Gasteiger partial charge in [0.25, 0.3) is 0 Å². The van der Waals surface area contributed by atoms with Gasteiger partial charge in [-0.05, 0) is 30.7 Å². The van der Waals surface area contributed by atoms with Crippen molar-refractivity contribution in [3.05, 3.63) is 24.3 Å². The number of benzene rings is 1. The highest BCUT2D eigenvalue weighted by Gasteiger charge is 2.10. The van der Waals surface area contributed by atoms with Crippen molar-refractivity contribution >= 4 is 34.8 Å². The summed E-state index contributed by atoms with van der Waals surface area (Å²) >= 11 is 5.42. The van der Waals surface area contributed by atoms with Crippen LogP contribution in [0.4, 0.5) is 11.4 Å². The minimum absolute atomic E-state index is 0.0194. The summed E-state index contributed by atoms with van der Waals surface area (Å²) in [5, 5.41) is 2.66. The van der Waals surface area contributed by atoms with Gasteiger partial charge in [-0.1, -0.05) is 13.3 Å². The molecule has 104 valence electrons. The predicted molar refractivity (Wildman–Crippen MR) is 78.7 cm³/mol. The van der Waals surface area contributed by atoms with E-state index in [1.165, 1.54) is 0 Å². The van der Waals surface area contributed by atoms with Gasteiger partial charge in [0.05, 0.1) is 0 Å². The fraction of sp³-hybridized carbons (Fsp3) is 0.429. The molecule has 0 aliphatic heterocycles. The lowest BCUT2D eigenvalue weighted by Crippen LogP contribution is -2.29. The Morgan fingerprint density at radius 1 is 1.26 bits per heavy atom. The number of nitrogens with one attached hydrogen (secondary N) is 1. The van der Waals surface area contributed by atoms with Crippen molar-refractivity contribution in [2.75, 3.05) is 22.6 Å². The first-order valence-electron chi connectivity index (χ1n) is 6.32. The maximum atomic E-state index is 11.6. The molecule has 0 saturated carbocycles. The van der Waals surface area contributed by atoms with Crippen LogP contribution in [0, 0.1) is 0 Å². The third-order valence-corrected chi connectivity index (χ3v) is 2.94. The molecule has 0 aliphatic rings. The second kappa shape index (κ2) is 7.79. The molecule has 1 aromatic carbocycles. The zero-order valence-electron chi connectivity index (χ0n) is 11.3. The lowest BCUT2D eigenvalue weighted by molar-refractivity contribution is -0.116. The number of amides is 2. The third-order valence-electron chi connectivity index (χ3n) is 2.70. The summed E-state index contributed by atoms with van der Waals surface area (Å²) < 4.78 is 0. The number of rotatable bonds is 6. The highest BCUT2D eigenvalue weighted by atomic mass is 35.5. The number of carbonyl (C=O) groups is 2. The van der Waals surface area contributed by atoms with Crippen LogP contribution in [-0.2, 0) is 9.59 Å². The van der Waals surface area contributed by atoms with Crippen LogP contribution in [0.1, 0.15) is 26.7 Å². The molecule has 1 aromatic rings. The van der Waals surface area contributed by atoms with Crippen molar-refractivity contribution in [3.63, 3.8) is 0 Å². The van der Waals surface area contributed by atoms with Gasteiger partial charge in [0, 0.05) is 24.8 Å². The van der Waals surface area contributed by atoms with Crippen LogP contribution in [0.25, 0.3) is 0 Å². The van der Waals surface area contributed by atoms with E-state index >= 15 is 0 Å². The molecule has 4 nitrogen and oxygen atoms in total. The van der Waals surface area contributed by atoms with Crippen molar-refractivity contribution in [2.24, 2.45) is 0 Å². The van der Waals surface area contributed by atoms with Crippen LogP contribution < -0.4 is 10.2 Å². The Hall–Kier alpha value is -1.55. The van der Waals surface area contributed by atoms with Gasteiger partial charge >= 0.3 is 0 Å². The van der Waals surface area contributed by atoms with Crippen molar-refractivity contribution in [1.29, 1.82) is 0 Å². The monoisotopic (exact) mass is 282 g/mol. The Labute approximate surface area is 118 Å². The average Bonchev–Trinajstić information content (AvgIpc) is 2.40. The van der Waals surface area contributed by atoms with Gasteiger partial charge in [-0.25, -0.2) is 0 Å². The van der Waals surface area contributed by atoms with E-state index in [9.17, 15) is 9.59 Å². The molecular weight excluding hydrogens is 264 g/mol. The third kappa shape index (κ3) is 4.91. The second-order valence-corrected chi connectivity index (χ2v) is 4.52. The number of hydrogen-bond donors (Lipinski definition) is 1. The maximum absolute atomic E-state index is 11.6. The van der Waals surface area contributed by atoms with Crippen molar-refractivity contribution < 1.29 is 9.59 Å². The molecule has 2 amide bonds. The Kier molecular flexibility index (Phi) is 6.36. The van der Waals surface area contributed by atoms with E-state index in [0.29, 0.717) is 12.2 Å². The Morgan fingerprint density at radius 3 is 2.37 bits per heavy atom. The molecule has 0 aliphatic carbocycles. The maximum Gasteiger partial charge on any atom is 0.239 e. The summed E-state index contributed by atoms with van der Waals surface area (Å²) in [5.74, 6) is -0.299. The largest absolute Gasteiger partial charge is 0.325 e. The summed E-state index contributed by atoms with van der Waals surface area (Å²) in [5.41, 5.74) is 1.51. The van der Waals surface area contributed by atoms with Gasteiger partial charge in [0.1, 0.15) is 5.88 Å². The van der Waals surface area contributed by atoms with Gasteiger partial charge in [0.15, 0.2) is 0 Å². The number of hydrogen-bond acceptors (Lipinski definition) is 2. The van der Waals surface area contributed by atoms with Gasteiger partial charge < -0.3 is 10.2 Å². The molecule has 0 heterocycles. The van der Waals surface area contributed by atoms with E-state index < -0.39 is 0 Å².